The lowest BCUT2D eigenvalue weighted by molar-refractivity contribution is -0.117. The van der Waals surface area contributed by atoms with Crippen molar-refractivity contribution in [3.05, 3.63) is 18.7 Å². The number of nitrogens with zero attached hydrogens (tertiary/aromatic N) is 3. The molecule has 1 rings (SSSR count). The summed E-state index contributed by atoms with van der Waals surface area (Å²) in [6, 6.07) is 0. The van der Waals surface area contributed by atoms with Crippen molar-refractivity contribution in [2.45, 2.75) is 19.8 Å². The van der Waals surface area contributed by atoms with E-state index < -0.39 is 0 Å². The third-order valence-electron chi connectivity index (χ3n) is 1.43. The molecule has 64 valence electrons. The van der Waals surface area contributed by atoms with Crippen molar-refractivity contribution in [1.29, 1.82) is 0 Å². The van der Waals surface area contributed by atoms with E-state index in [1.165, 1.54) is 6.33 Å². The smallest absolute Gasteiger partial charge is 0.138 e. The molecule has 0 aliphatic carbocycles. The van der Waals surface area contributed by atoms with Gasteiger partial charge in [-0.2, -0.15) is 5.10 Å². The lowest BCUT2D eigenvalue weighted by Gasteiger charge is -1.89. The van der Waals surface area contributed by atoms with Crippen molar-refractivity contribution < 1.29 is 4.79 Å². The molecule has 0 aromatic carbocycles. The predicted octanol–water partition coefficient (Wildman–Crippen LogP) is 1.12. The van der Waals surface area contributed by atoms with Crippen molar-refractivity contribution >= 4 is 12.0 Å². The minimum atomic E-state index is 0.228. The molecule has 0 bridgehead atoms. The maximum atomic E-state index is 10.8. The van der Waals surface area contributed by atoms with E-state index in [4.69, 9.17) is 0 Å². The van der Waals surface area contributed by atoms with Crippen LogP contribution in [0.4, 0.5) is 0 Å². The molecule has 0 saturated carbocycles. The summed E-state index contributed by atoms with van der Waals surface area (Å²) in [5.41, 5.74) is 0. The number of hydrogen-bond donors (Lipinski definition) is 0. The van der Waals surface area contributed by atoms with Crippen molar-refractivity contribution in [1.82, 2.24) is 14.8 Å². The van der Waals surface area contributed by atoms with E-state index >= 15 is 0 Å². The fourth-order valence-corrected chi connectivity index (χ4v) is 0.731. The van der Waals surface area contributed by atoms with E-state index in [0.717, 1.165) is 0 Å². The Balaban J connectivity index is 2.37. The van der Waals surface area contributed by atoms with Crippen LogP contribution in [0.5, 0.6) is 0 Å². The molecule has 0 atom stereocenters. The van der Waals surface area contributed by atoms with Gasteiger partial charge in [0.05, 0.1) is 0 Å². The fourth-order valence-electron chi connectivity index (χ4n) is 0.731. The van der Waals surface area contributed by atoms with Crippen molar-refractivity contribution in [3.63, 3.8) is 0 Å². The molecule has 0 aliphatic rings. The molecular formula is C8H11N3O. The Bertz CT molecular complexity index is 264. The summed E-state index contributed by atoms with van der Waals surface area (Å²) in [4.78, 5) is 14.6. The highest BCUT2D eigenvalue weighted by atomic mass is 16.1. The summed E-state index contributed by atoms with van der Waals surface area (Å²) < 4.78 is 1.56. The summed E-state index contributed by atoms with van der Waals surface area (Å²) >= 11 is 0. The first-order valence-corrected chi connectivity index (χ1v) is 3.85. The van der Waals surface area contributed by atoms with E-state index in [1.807, 2.05) is 6.92 Å². The summed E-state index contributed by atoms with van der Waals surface area (Å²) in [7, 11) is 0. The third-order valence-corrected chi connectivity index (χ3v) is 1.43. The van der Waals surface area contributed by atoms with Crippen LogP contribution in [0.2, 0.25) is 0 Å². The van der Waals surface area contributed by atoms with Crippen LogP contribution in [0, 0.1) is 0 Å². The van der Waals surface area contributed by atoms with Crippen LogP contribution in [0.25, 0.3) is 6.20 Å². The molecule has 1 aromatic rings. The molecule has 0 fully saturated rings. The quantitative estimate of drug-likeness (QED) is 0.671. The van der Waals surface area contributed by atoms with Crippen LogP contribution < -0.4 is 0 Å². The highest BCUT2D eigenvalue weighted by molar-refractivity contribution is 5.79. The zero-order valence-corrected chi connectivity index (χ0v) is 6.97. The Morgan fingerprint density at radius 3 is 3.08 bits per heavy atom. The van der Waals surface area contributed by atoms with Crippen molar-refractivity contribution in [2.24, 2.45) is 0 Å². The van der Waals surface area contributed by atoms with E-state index in [2.05, 4.69) is 10.1 Å². The van der Waals surface area contributed by atoms with E-state index in [1.54, 1.807) is 23.3 Å². The minimum absolute atomic E-state index is 0.228. The van der Waals surface area contributed by atoms with Gasteiger partial charge in [0.15, 0.2) is 0 Å². The number of carbonyl (C=O) groups excluding carboxylic acids is 1. The van der Waals surface area contributed by atoms with Gasteiger partial charge in [-0.25, -0.2) is 9.67 Å². The van der Waals surface area contributed by atoms with Gasteiger partial charge in [-0.05, 0) is 0 Å². The summed E-state index contributed by atoms with van der Waals surface area (Å²) in [5.74, 6) is 0.228. The average molecular weight is 165 g/mol. The normalized spacial score (nSPS) is 10.8. The summed E-state index contributed by atoms with van der Waals surface area (Å²) in [5, 5.41) is 3.85. The molecule has 4 heteroatoms. The van der Waals surface area contributed by atoms with Gasteiger partial charge in [0.1, 0.15) is 18.4 Å². The predicted molar refractivity (Wildman–Crippen MR) is 45.3 cm³/mol. The zero-order chi connectivity index (χ0) is 8.81. The molecule has 0 N–H and O–H groups in total. The Labute approximate surface area is 70.9 Å². The van der Waals surface area contributed by atoms with Gasteiger partial charge in [-0.1, -0.05) is 13.0 Å². The number of aromatic nitrogens is 3. The second-order valence-electron chi connectivity index (χ2n) is 2.36. The Kier molecular flexibility index (Phi) is 3.19. The highest BCUT2D eigenvalue weighted by Gasteiger charge is 1.92. The molecule has 0 saturated heterocycles. The van der Waals surface area contributed by atoms with Crippen LogP contribution in [-0.2, 0) is 4.79 Å². The second kappa shape index (κ2) is 4.43. The number of rotatable bonds is 4. The van der Waals surface area contributed by atoms with Crippen LogP contribution in [0.1, 0.15) is 19.8 Å². The maximum Gasteiger partial charge on any atom is 0.138 e. The van der Waals surface area contributed by atoms with Gasteiger partial charge in [-0.3, -0.25) is 4.79 Å². The topological polar surface area (TPSA) is 47.8 Å². The molecule has 0 amide bonds. The summed E-state index contributed by atoms with van der Waals surface area (Å²) in [6.45, 7) is 1.85. The van der Waals surface area contributed by atoms with Crippen LogP contribution in [0.3, 0.4) is 0 Å². The molecule has 0 aliphatic heterocycles. The summed E-state index contributed by atoms with van der Waals surface area (Å²) in [6.07, 6.45) is 7.58. The van der Waals surface area contributed by atoms with Crippen LogP contribution >= 0.6 is 0 Å². The Hall–Kier alpha value is -1.45. The Morgan fingerprint density at radius 2 is 2.50 bits per heavy atom. The standard InChI is InChI=1S/C8H11N3O/c1-2-8(12)4-3-5-11-7-9-6-10-11/h3,5-7H,2,4H2,1H3. The number of carbonyl (C=O) groups is 1. The van der Waals surface area contributed by atoms with Gasteiger partial charge < -0.3 is 0 Å². The van der Waals surface area contributed by atoms with Crippen LogP contribution in [0.15, 0.2) is 18.7 Å². The minimum Gasteiger partial charge on any atom is -0.299 e. The van der Waals surface area contributed by atoms with Crippen LogP contribution in [-0.4, -0.2) is 20.5 Å². The van der Waals surface area contributed by atoms with E-state index in [-0.39, 0.29) is 5.78 Å². The highest BCUT2D eigenvalue weighted by Crippen LogP contribution is 1.91. The third kappa shape index (κ3) is 2.65. The molecule has 1 aromatic heterocycles. The van der Waals surface area contributed by atoms with Crippen molar-refractivity contribution in [3.8, 4) is 0 Å². The molecule has 0 radical (unpaired) electrons. The molecule has 12 heavy (non-hydrogen) atoms. The van der Waals surface area contributed by atoms with E-state index in [9.17, 15) is 4.79 Å². The lowest BCUT2D eigenvalue weighted by Crippen LogP contribution is -1.92. The lowest BCUT2D eigenvalue weighted by atomic mass is 10.2. The van der Waals surface area contributed by atoms with Gasteiger partial charge in [0, 0.05) is 19.0 Å². The number of hydrogen-bond acceptors (Lipinski definition) is 3. The first-order chi connectivity index (χ1) is 5.83. The number of allylic oxidation sites excluding steroid dienone is 1. The zero-order valence-electron chi connectivity index (χ0n) is 6.97. The second-order valence-corrected chi connectivity index (χ2v) is 2.36. The first-order valence-electron chi connectivity index (χ1n) is 3.85. The maximum absolute atomic E-state index is 10.8. The van der Waals surface area contributed by atoms with Gasteiger partial charge >= 0.3 is 0 Å². The number of ketones is 1. The molecule has 4 nitrogen and oxygen atoms in total. The average Bonchev–Trinajstić information content (AvgIpc) is 2.57. The largest absolute Gasteiger partial charge is 0.299 e. The van der Waals surface area contributed by atoms with E-state index in [0.29, 0.717) is 12.8 Å². The monoisotopic (exact) mass is 165 g/mol. The number of Topliss-reactive ketones (excluding diaryl/α,β-unsaturated/α-hetero) is 1. The SMILES string of the molecule is CCC(=O)CC=Cn1cncn1. The Morgan fingerprint density at radius 1 is 1.67 bits per heavy atom. The van der Waals surface area contributed by atoms with Crippen molar-refractivity contribution in [2.75, 3.05) is 0 Å². The van der Waals surface area contributed by atoms with Gasteiger partial charge in [0.2, 0.25) is 0 Å². The molecule has 1 heterocycles. The molecule has 0 spiro atoms. The first kappa shape index (κ1) is 8.64. The molecule has 0 unspecified atom stereocenters. The fraction of sp³-hybridized carbons (Fsp3) is 0.375. The molecular weight excluding hydrogens is 154 g/mol. The van der Waals surface area contributed by atoms with Gasteiger partial charge in [0.25, 0.3) is 0 Å². The van der Waals surface area contributed by atoms with Gasteiger partial charge in [-0.15, -0.1) is 0 Å².